The first-order chi connectivity index (χ1) is 20.6. The summed E-state index contributed by atoms with van der Waals surface area (Å²) in [5.41, 5.74) is 1.32. The molecule has 2 aliphatic heterocycles. The second kappa shape index (κ2) is 11.7. The summed E-state index contributed by atoms with van der Waals surface area (Å²) in [7, 11) is 1.43. The number of nitrogens with zero attached hydrogens (tertiary/aromatic N) is 1. The van der Waals surface area contributed by atoms with E-state index in [-0.39, 0.29) is 28.7 Å². The lowest BCUT2D eigenvalue weighted by Gasteiger charge is -2.30. The first-order valence-electron chi connectivity index (χ1n) is 12.7. The topological polar surface area (TPSA) is 118 Å². The number of carbonyl (C=O) groups is 3. The number of carbonyl (C=O) groups excluding carboxylic acids is 3. The number of imide groups is 1. The zero-order valence-electron chi connectivity index (χ0n) is 22.1. The van der Waals surface area contributed by atoms with E-state index in [0.717, 1.165) is 28.0 Å². The fourth-order valence-corrected chi connectivity index (χ4v) is 7.95. The molecule has 14 heteroatoms. The molecule has 220 valence electrons. The Bertz CT molecular complexity index is 1830. The van der Waals surface area contributed by atoms with E-state index in [1.165, 1.54) is 37.4 Å². The Kier molecular flexibility index (Phi) is 7.94. The molecule has 3 atom stereocenters. The van der Waals surface area contributed by atoms with Crippen molar-refractivity contribution in [2.24, 2.45) is 5.92 Å². The Balaban J connectivity index is 1.28. The fourth-order valence-electron chi connectivity index (χ4n) is 5.13. The lowest BCUT2D eigenvalue weighted by molar-refractivity contribution is -0.122. The van der Waals surface area contributed by atoms with Crippen molar-refractivity contribution in [3.8, 4) is 11.5 Å². The predicted molar refractivity (Wildman–Crippen MR) is 162 cm³/mol. The van der Waals surface area contributed by atoms with Crippen LogP contribution in [0.25, 0.3) is 0 Å². The van der Waals surface area contributed by atoms with E-state index < -0.39 is 40.6 Å². The molecule has 0 radical (unpaired) electrons. The molecule has 3 heterocycles. The first-order valence-corrected chi connectivity index (χ1v) is 15.2. The molecule has 4 aromatic rings. The maximum absolute atomic E-state index is 13.8. The largest absolute Gasteiger partial charge is 0.493 e. The number of aromatic nitrogens is 1. The standard InChI is InChI=1S/C29H20Cl2FN3O6S2/c1-40-20-10-13(2-9-19(20)41-12-21(36)33-15-5-8-17(30)18(31)11-15)22-23-25(42-26-24(22)43-29(39)34-26)28(38)35(27(23)37)16-6-3-14(32)4-7-16/h2-11,22-23,25H,12H2,1H3,(H,33,36)(H,34,39)/t22-,23?,25?/m1/s1. The number of halogens is 3. The minimum absolute atomic E-state index is 0.265. The Morgan fingerprint density at radius 3 is 2.49 bits per heavy atom. The van der Waals surface area contributed by atoms with Crippen LogP contribution in [0, 0.1) is 11.7 Å². The maximum atomic E-state index is 13.8. The average Bonchev–Trinajstić information content (AvgIpc) is 3.48. The van der Waals surface area contributed by atoms with Crippen LogP contribution in [0.15, 0.2) is 70.5 Å². The molecular formula is C29H20Cl2FN3O6S2. The van der Waals surface area contributed by atoms with Gasteiger partial charge in [0.05, 0.1) is 33.8 Å². The van der Waals surface area contributed by atoms with E-state index >= 15 is 0 Å². The molecule has 43 heavy (non-hydrogen) atoms. The van der Waals surface area contributed by atoms with Crippen LogP contribution in [0.5, 0.6) is 11.5 Å². The third kappa shape index (κ3) is 5.51. The van der Waals surface area contributed by atoms with Gasteiger partial charge in [0.15, 0.2) is 18.1 Å². The average molecular weight is 661 g/mol. The number of rotatable bonds is 7. The van der Waals surface area contributed by atoms with E-state index in [9.17, 15) is 23.6 Å². The summed E-state index contributed by atoms with van der Waals surface area (Å²) >= 11 is 14.0. The van der Waals surface area contributed by atoms with E-state index in [1.807, 2.05) is 0 Å². The molecule has 3 aromatic carbocycles. The molecule has 0 bridgehead atoms. The summed E-state index contributed by atoms with van der Waals surface area (Å²) in [5, 5.41) is 3.02. The van der Waals surface area contributed by atoms with Gasteiger partial charge < -0.3 is 19.8 Å². The molecule has 0 spiro atoms. The van der Waals surface area contributed by atoms with Gasteiger partial charge in [-0.2, -0.15) is 0 Å². The third-order valence-corrected chi connectivity index (χ3v) is 10.2. The molecule has 9 nitrogen and oxygen atoms in total. The monoisotopic (exact) mass is 659 g/mol. The van der Waals surface area contributed by atoms with Gasteiger partial charge in [0.2, 0.25) is 11.8 Å². The molecule has 6 rings (SSSR count). The van der Waals surface area contributed by atoms with Gasteiger partial charge >= 0.3 is 4.87 Å². The number of thioether (sulfide) groups is 1. The number of anilines is 2. The molecule has 2 unspecified atom stereocenters. The van der Waals surface area contributed by atoms with Crippen molar-refractivity contribution in [2.75, 3.05) is 23.9 Å². The number of hydrogen-bond donors (Lipinski definition) is 2. The number of methoxy groups -OCH3 is 1. The smallest absolute Gasteiger partial charge is 0.305 e. The highest BCUT2D eigenvalue weighted by molar-refractivity contribution is 8.00. The number of nitrogens with one attached hydrogen (secondary N) is 2. The summed E-state index contributed by atoms with van der Waals surface area (Å²) in [6, 6.07) is 14.8. The number of benzene rings is 3. The predicted octanol–water partition coefficient (Wildman–Crippen LogP) is 5.70. The quantitative estimate of drug-likeness (QED) is 0.244. The van der Waals surface area contributed by atoms with Crippen molar-refractivity contribution < 1.29 is 28.2 Å². The van der Waals surface area contributed by atoms with Gasteiger partial charge in [-0.25, -0.2) is 9.29 Å². The summed E-state index contributed by atoms with van der Waals surface area (Å²) in [6.07, 6.45) is 0. The molecule has 0 aliphatic carbocycles. The molecule has 2 aliphatic rings. The Morgan fingerprint density at radius 2 is 1.77 bits per heavy atom. The van der Waals surface area contributed by atoms with Crippen LogP contribution in [0.1, 0.15) is 16.4 Å². The second-order valence-electron chi connectivity index (χ2n) is 9.61. The van der Waals surface area contributed by atoms with Gasteiger partial charge in [-0.05, 0) is 60.2 Å². The van der Waals surface area contributed by atoms with Crippen LogP contribution in [0.3, 0.4) is 0 Å². The van der Waals surface area contributed by atoms with Gasteiger partial charge in [0, 0.05) is 16.5 Å². The van der Waals surface area contributed by atoms with Crippen molar-refractivity contribution in [3.63, 3.8) is 0 Å². The van der Waals surface area contributed by atoms with Crippen LogP contribution in [-0.2, 0) is 14.4 Å². The van der Waals surface area contributed by atoms with E-state index in [2.05, 4.69) is 10.3 Å². The highest BCUT2D eigenvalue weighted by atomic mass is 35.5. The Morgan fingerprint density at radius 1 is 1.00 bits per heavy atom. The molecular weight excluding hydrogens is 640 g/mol. The molecule has 1 fully saturated rings. The maximum Gasteiger partial charge on any atom is 0.305 e. The van der Waals surface area contributed by atoms with Crippen LogP contribution in [0.2, 0.25) is 10.0 Å². The Hall–Kier alpha value is -3.84. The number of fused-ring (bicyclic) bond motifs is 2. The van der Waals surface area contributed by atoms with Gasteiger partial charge in [0.25, 0.3) is 5.91 Å². The molecule has 0 saturated carbocycles. The van der Waals surface area contributed by atoms with E-state index in [4.69, 9.17) is 32.7 Å². The number of ether oxygens (including phenoxy) is 2. The lowest BCUT2D eigenvalue weighted by Crippen LogP contribution is -2.32. The Labute approximate surface area is 261 Å². The highest BCUT2D eigenvalue weighted by Crippen LogP contribution is 2.53. The SMILES string of the molecule is COc1cc([C@H]2c3sc(=O)[nH]c3SC3C(=O)N(c4ccc(F)cc4)C(=O)C32)ccc1OCC(=O)Nc1ccc(Cl)c(Cl)c1. The number of aromatic amines is 1. The van der Waals surface area contributed by atoms with Crippen LogP contribution in [0.4, 0.5) is 15.8 Å². The van der Waals surface area contributed by atoms with Gasteiger partial charge in [-0.15, -0.1) is 0 Å². The number of H-pyrrole nitrogens is 1. The second-order valence-corrected chi connectivity index (χ2v) is 12.6. The molecule has 2 N–H and O–H groups in total. The fraction of sp³-hybridized carbons (Fsp3) is 0.172. The van der Waals surface area contributed by atoms with Gasteiger partial charge in [-0.1, -0.05) is 52.4 Å². The van der Waals surface area contributed by atoms with Gasteiger partial charge in [-0.3, -0.25) is 19.2 Å². The summed E-state index contributed by atoms with van der Waals surface area (Å²) in [4.78, 5) is 56.4. The van der Waals surface area contributed by atoms with E-state index in [1.54, 1.807) is 30.3 Å². The van der Waals surface area contributed by atoms with Crippen molar-refractivity contribution in [1.29, 1.82) is 0 Å². The molecule has 3 amide bonds. The van der Waals surface area contributed by atoms with E-state index in [0.29, 0.717) is 31.2 Å². The van der Waals surface area contributed by atoms with Crippen LogP contribution in [-0.4, -0.2) is 41.7 Å². The number of thiazole rings is 1. The van der Waals surface area contributed by atoms with Crippen molar-refractivity contribution in [3.05, 3.63) is 96.6 Å². The van der Waals surface area contributed by atoms with Gasteiger partial charge in [0.1, 0.15) is 11.1 Å². The van der Waals surface area contributed by atoms with Crippen molar-refractivity contribution >= 4 is 75.4 Å². The number of amides is 3. The highest BCUT2D eigenvalue weighted by Gasteiger charge is 2.56. The van der Waals surface area contributed by atoms with Crippen molar-refractivity contribution in [1.82, 2.24) is 4.98 Å². The summed E-state index contributed by atoms with van der Waals surface area (Å²) < 4.78 is 24.9. The molecule has 1 aromatic heterocycles. The normalized spacial score (nSPS) is 19.2. The summed E-state index contributed by atoms with van der Waals surface area (Å²) in [5.74, 6) is -2.79. The first kappa shape index (κ1) is 29.2. The number of hydrogen-bond acceptors (Lipinski definition) is 8. The summed E-state index contributed by atoms with van der Waals surface area (Å²) in [6.45, 7) is -0.343. The third-order valence-electron chi connectivity index (χ3n) is 7.02. The van der Waals surface area contributed by atoms with Crippen molar-refractivity contribution in [2.45, 2.75) is 16.2 Å². The lowest BCUT2D eigenvalue weighted by atomic mass is 9.83. The minimum Gasteiger partial charge on any atom is -0.493 e. The van der Waals surface area contributed by atoms with Crippen LogP contribution >= 0.6 is 46.3 Å². The molecule has 1 saturated heterocycles. The van der Waals surface area contributed by atoms with Crippen LogP contribution < -0.4 is 24.6 Å². The zero-order chi connectivity index (χ0) is 30.4. The zero-order valence-corrected chi connectivity index (χ0v) is 25.2. The minimum atomic E-state index is -0.838.